The van der Waals surface area contributed by atoms with Crippen LogP contribution in [0, 0.1) is 0 Å². The number of amides is 1. The summed E-state index contributed by atoms with van der Waals surface area (Å²) < 4.78 is 16.0. The molecule has 0 atom stereocenters. The lowest BCUT2D eigenvalue weighted by atomic mass is 9.91. The van der Waals surface area contributed by atoms with Crippen molar-refractivity contribution in [3.63, 3.8) is 0 Å². The fourth-order valence-corrected chi connectivity index (χ4v) is 3.24. The molecule has 0 fully saturated rings. The van der Waals surface area contributed by atoms with E-state index in [9.17, 15) is 9.59 Å². The van der Waals surface area contributed by atoms with Crippen molar-refractivity contribution < 1.29 is 23.8 Å². The van der Waals surface area contributed by atoms with Gasteiger partial charge in [-0.25, -0.2) is 4.79 Å². The Morgan fingerprint density at radius 1 is 0.774 bits per heavy atom. The highest BCUT2D eigenvalue weighted by atomic mass is 16.5. The molecule has 3 aromatic rings. The van der Waals surface area contributed by atoms with Gasteiger partial charge >= 0.3 is 5.97 Å². The third-order valence-electron chi connectivity index (χ3n) is 4.78. The van der Waals surface area contributed by atoms with Crippen LogP contribution >= 0.6 is 0 Å². The van der Waals surface area contributed by atoms with Gasteiger partial charge in [-0.1, -0.05) is 42.5 Å². The van der Waals surface area contributed by atoms with E-state index < -0.39 is 5.97 Å². The second-order valence-electron chi connectivity index (χ2n) is 6.80. The molecule has 6 heteroatoms. The Morgan fingerprint density at radius 3 is 1.68 bits per heavy atom. The Kier molecular flexibility index (Phi) is 7.27. The van der Waals surface area contributed by atoms with E-state index in [0.29, 0.717) is 5.56 Å². The molecule has 0 unspecified atom stereocenters. The van der Waals surface area contributed by atoms with Gasteiger partial charge in [0.2, 0.25) is 5.91 Å². The summed E-state index contributed by atoms with van der Waals surface area (Å²) in [5.41, 5.74) is 3.69. The monoisotopic (exact) mass is 419 g/mol. The van der Waals surface area contributed by atoms with E-state index in [0.717, 1.165) is 33.8 Å². The molecule has 0 aliphatic carbocycles. The molecule has 0 heterocycles. The fourth-order valence-electron chi connectivity index (χ4n) is 3.24. The van der Waals surface area contributed by atoms with Crippen molar-refractivity contribution in [1.82, 2.24) is 5.32 Å². The standard InChI is InChI=1S/C25H25NO5/c1-17(27)26-15-16-31-25(28)24-22(18-7-11-20(29-2)12-8-18)5-4-6-23(24)19-9-13-21(30-3)14-10-19/h4-14H,15-16H2,1-3H3,(H,26,27). The summed E-state index contributed by atoms with van der Waals surface area (Å²) in [5, 5.41) is 2.63. The van der Waals surface area contributed by atoms with Crippen LogP contribution in [0.1, 0.15) is 17.3 Å². The van der Waals surface area contributed by atoms with E-state index in [2.05, 4.69) is 5.32 Å². The molecule has 0 aromatic heterocycles. The summed E-state index contributed by atoms with van der Waals surface area (Å²) in [6.07, 6.45) is 0. The summed E-state index contributed by atoms with van der Waals surface area (Å²) in [5.74, 6) is 0.833. The predicted octanol–water partition coefficient (Wildman–Crippen LogP) is 4.33. The molecule has 0 saturated heterocycles. The van der Waals surface area contributed by atoms with Crippen molar-refractivity contribution >= 4 is 11.9 Å². The zero-order valence-electron chi connectivity index (χ0n) is 17.8. The first kappa shape index (κ1) is 21.9. The lowest BCUT2D eigenvalue weighted by molar-refractivity contribution is -0.119. The number of hydrogen-bond acceptors (Lipinski definition) is 5. The van der Waals surface area contributed by atoms with Crippen molar-refractivity contribution in [1.29, 1.82) is 0 Å². The average molecular weight is 419 g/mol. The van der Waals surface area contributed by atoms with E-state index >= 15 is 0 Å². The number of benzene rings is 3. The van der Waals surface area contributed by atoms with Gasteiger partial charge in [0.1, 0.15) is 18.1 Å². The van der Waals surface area contributed by atoms with E-state index in [1.165, 1.54) is 6.92 Å². The Balaban J connectivity index is 2.02. The van der Waals surface area contributed by atoms with Gasteiger partial charge in [-0.15, -0.1) is 0 Å². The lowest BCUT2D eigenvalue weighted by Gasteiger charge is -2.16. The van der Waals surface area contributed by atoms with Crippen molar-refractivity contribution in [2.75, 3.05) is 27.4 Å². The number of ether oxygens (including phenoxy) is 3. The number of methoxy groups -OCH3 is 2. The third kappa shape index (κ3) is 5.42. The van der Waals surface area contributed by atoms with E-state index in [1.807, 2.05) is 66.7 Å². The van der Waals surface area contributed by atoms with E-state index in [4.69, 9.17) is 14.2 Å². The van der Waals surface area contributed by atoms with Crippen LogP contribution in [0.2, 0.25) is 0 Å². The Morgan fingerprint density at radius 2 is 1.26 bits per heavy atom. The molecule has 3 rings (SSSR count). The van der Waals surface area contributed by atoms with Crippen LogP contribution in [0.4, 0.5) is 0 Å². The second kappa shape index (κ2) is 10.3. The van der Waals surface area contributed by atoms with E-state index in [1.54, 1.807) is 14.2 Å². The van der Waals surface area contributed by atoms with Gasteiger partial charge in [-0.05, 0) is 46.5 Å². The van der Waals surface area contributed by atoms with Crippen molar-refractivity contribution in [2.24, 2.45) is 0 Å². The average Bonchev–Trinajstić information content (AvgIpc) is 2.81. The van der Waals surface area contributed by atoms with Crippen molar-refractivity contribution in [2.45, 2.75) is 6.92 Å². The van der Waals surface area contributed by atoms with Gasteiger partial charge in [-0.2, -0.15) is 0 Å². The van der Waals surface area contributed by atoms with Crippen LogP contribution < -0.4 is 14.8 Å². The number of carbonyl (C=O) groups is 2. The lowest BCUT2D eigenvalue weighted by Crippen LogP contribution is -2.25. The molecular weight excluding hydrogens is 394 g/mol. The molecule has 1 N–H and O–H groups in total. The molecule has 0 aliphatic rings. The number of carbonyl (C=O) groups excluding carboxylic acids is 2. The summed E-state index contributed by atoms with van der Waals surface area (Å²) in [6.45, 7) is 1.75. The summed E-state index contributed by atoms with van der Waals surface area (Å²) in [7, 11) is 3.22. The Hall–Kier alpha value is -3.80. The molecule has 3 aromatic carbocycles. The Bertz CT molecular complexity index is 977. The smallest absolute Gasteiger partial charge is 0.339 e. The van der Waals surface area contributed by atoms with Gasteiger partial charge in [-0.3, -0.25) is 4.79 Å². The normalized spacial score (nSPS) is 10.3. The van der Waals surface area contributed by atoms with Crippen LogP contribution in [0.3, 0.4) is 0 Å². The zero-order valence-corrected chi connectivity index (χ0v) is 17.8. The largest absolute Gasteiger partial charge is 0.497 e. The molecule has 0 radical (unpaired) electrons. The summed E-state index contributed by atoms with van der Waals surface area (Å²) in [4.78, 5) is 24.2. The fraction of sp³-hybridized carbons (Fsp3) is 0.200. The van der Waals surface area contributed by atoms with Crippen molar-refractivity contribution in [3.05, 3.63) is 72.3 Å². The SMILES string of the molecule is COc1ccc(-c2cccc(-c3ccc(OC)cc3)c2C(=O)OCCNC(C)=O)cc1. The molecular formula is C25H25NO5. The maximum absolute atomic E-state index is 13.1. The van der Waals surface area contributed by atoms with Crippen LogP contribution in [0.15, 0.2) is 66.7 Å². The van der Waals surface area contributed by atoms with Crippen LogP contribution in [0.5, 0.6) is 11.5 Å². The number of esters is 1. The molecule has 160 valence electrons. The summed E-state index contributed by atoms with van der Waals surface area (Å²) >= 11 is 0. The third-order valence-corrected chi connectivity index (χ3v) is 4.78. The predicted molar refractivity (Wildman–Crippen MR) is 119 cm³/mol. The first-order chi connectivity index (χ1) is 15.0. The van der Waals surface area contributed by atoms with Gasteiger partial charge in [0.05, 0.1) is 26.3 Å². The highest BCUT2D eigenvalue weighted by Gasteiger charge is 2.20. The minimum Gasteiger partial charge on any atom is -0.497 e. The van der Waals surface area contributed by atoms with Gasteiger partial charge in [0, 0.05) is 6.92 Å². The number of hydrogen-bond donors (Lipinski definition) is 1. The van der Waals surface area contributed by atoms with Gasteiger partial charge in [0.25, 0.3) is 0 Å². The van der Waals surface area contributed by atoms with Crippen LogP contribution in [0.25, 0.3) is 22.3 Å². The topological polar surface area (TPSA) is 73.9 Å². The molecule has 0 bridgehead atoms. The first-order valence-electron chi connectivity index (χ1n) is 9.87. The maximum atomic E-state index is 13.1. The number of nitrogens with one attached hydrogen (secondary N) is 1. The number of rotatable bonds is 8. The minimum absolute atomic E-state index is 0.0808. The molecule has 1 amide bonds. The molecule has 0 aliphatic heterocycles. The molecule has 0 spiro atoms. The quantitative estimate of drug-likeness (QED) is 0.435. The van der Waals surface area contributed by atoms with Crippen LogP contribution in [-0.4, -0.2) is 39.2 Å². The maximum Gasteiger partial charge on any atom is 0.339 e. The highest BCUT2D eigenvalue weighted by Crippen LogP contribution is 2.34. The first-order valence-corrected chi connectivity index (χ1v) is 9.87. The minimum atomic E-state index is -0.456. The van der Waals surface area contributed by atoms with E-state index in [-0.39, 0.29) is 19.1 Å². The molecule has 0 saturated carbocycles. The molecule has 6 nitrogen and oxygen atoms in total. The van der Waals surface area contributed by atoms with Gasteiger partial charge in [0.15, 0.2) is 0 Å². The molecule has 31 heavy (non-hydrogen) atoms. The second-order valence-corrected chi connectivity index (χ2v) is 6.80. The van der Waals surface area contributed by atoms with Gasteiger partial charge < -0.3 is 19.5 Å². The Labute approximate surface area is 181 Å². The highest BCUT2D eigenvalue weighted by molar-refractivity contribution is 6.04. The van der Waals surface area contributed by atoms with Crippen molar-refractivity contribution in [3.8, 4) is 33.8 Å². The van der Waals surface area contributed by atoms with Crippen LogP contribution in [-0.2, 0) is 9.53 Å². The zero-order chi connectivity index (χ0) is 22.2. The summed E-state index contributed by atoms with van der Waals surface area (Å²) in [6, 6.07) is 20.7.